The smallest absolute Gasteiger partial charge is 0.273 e. The first-order valence-corrected chi connectivity index (χ1v) is 14.2. The van der Waals surface area contributed by atoms with E-state index in [0.29, 0.717) is 17.1 Å². The number of amides is 2. The highest BCUT2D eigenvalue weighted by Crippen LogP contribution is 2.21. The van der Waals surface area contributed by atoms with Crippen molar-refractivity contribution in [2.24, 2.45) is 0 Å². The zero-order valence-corrected chi connectivity index (χ0v) is 21.1. The Labute approximate surface area is 200 Å². The summed E-state index contributed by atoms with van der Waals surface area (Å²) in [5.41, 5.74) is 0.921. The molecule has 2 amide bonds. The maximum atomic E-state index is 13.2. The molecule has 0 N–H and O–H groups in total. The predicted molar refractivity (Wildman–Crippen MR) is 133 cm³/mol. The average Bonchev–Trinajstić information content (AvgIpc) is 2.78. The van der Waals surface area contributed by atoms with Gasteiger partial charge >= 0.3 is 0 Å². The Hall–Kier alpha value is -1.95. The summed E-state index contributed by atoms with van der Waals surface area (Å²) < 4.78 is 27.0. The summed E-state index contributed by atoms with van der Waals surface area (Å²) in [5, 5.41) is 0. The van der Waals surface area contributed by atoms with Crippen molar-refractivity contribution in [3.63, 3.8) is 0 Å². The molecule has 0 fully saturated rings. The average molecular weight is 476 g/mol. The number of benzene rings is 1. The lowest BCUT2D eigenvalue weighted by Crippen LogP contribution is -2.41. The van der Waals surface area contributed by atoms with Gasteiger partial charge in [0.2, 0.25) is 11.8 Å². The van der Waals surface area contributed by atoms with Crippen molar-refractivity contribution < 1.29 is 18.0 Å². The lowest BCUT2D eigenvalue weighted by Gasteiger charge is -2.21. The van der Waals surface area contributed by atoms with Crippen LogP contribution in [0.25, 0.3) is 0 Å². The number of sulfonamides is 1. The number of carbonyl (C=O) groups excluding carboxylic acids is 2. The largest absolute Gasteiger partial charge is 0.273 e. The van der Waals surface area contributed by atoms with E-state index >= 15 is 0 Å². The van der Waals surface area contributed by atoms with Crippen LogP contribution in [0.15, 0.2) is 41.3 Å². The summed E-state index contributed by atoms with van der Waals surface area (Å²) in [6, 6.07) is 6.32. The van der Waals surface area contributed by atoms with Crippen molar-refractivity contribution >= 4 is 21.8 Å². The summed E-state index contributed by atoms with van der Waals surface area (Å²) in [4.78, 5) is 25.9. The van der Waals surface area contributed by atoms with Crippen LogP contribution in [0.3, 0.4) is 0 Å². The number of carbonyl (C=O) groups is 2. The van der Waals surface area contributed by atoms with E-state index in [0.717, 1.165) is 56.9 Å². The summed E-state index contributed by atoms with van der Waals surface area (Å²) in [7, 11) is -4.19. The van der Waals surface area contributed by atoms with Gasteiger partial charge in [0.1, 0.15) is 0 Å². The Bertz CT molecular complexity index is 825. The number of nitrogens with zero attached hydrogens (tertiary/aromatic N) is 1. The van der Waals surface area contributed by atoms with E-state index in [2.05, 4.69) is 12.2 Å². The summed E-state index contributed by atoms with van der Waals surface area (Å²) >= 11 is 0. The van der Waals surface area contributed by atoms with Crippen molar-refractivity contribution in [2.45, 2.75) is 115 Å². The van der Waals surface area contributed by atoms with Crippen molar-refractivity contribution in [3.8, 4) is 0 Å². The number of rotatable bonds is 2. The minimum absolute atomic E-state index is 0.00562. The quantitative estimate of drug-likeness (QED) is 0.346. The van der Waals surface area contributed by atoms with E-state index in [1.54, 1.807) is 12.1 Å². The normalized spacial score (nSPS) is 20.7. The molecule has 33 heavy (non-hydrogen) atoms. The maximum absolute atomic E-state index is 13.2. The van der Waals surface area contributed by atoms with Crippen LogP contribution in [0.4, 0.5) is 0 Å². The van der Waals surface area contributed by atoms with Crippen LogP contribution in [0.2, 0.25) is 0 Å². The molecule has 0 bridgehead atoms. The van der Waals surface area contributed by atoms with Crippen molar-refractivity contribution in [1.82, 2.24) is 4.31 Å². The van der Waals surface area contributed by atoms with E-state index in [4.69, 9.17) is 0 Å². The predicted octanol–water partition coefficient (Wildman–Crippen LogP) is 6.85. The van der Waals surface area contributed by atoms with Gasteiger partial charge in [0.05, 0.1) is 4.90 Å². The Balaban J connectivity index is 2.07. The molecule has 1 heterocycles. The van der Waals surface area contributed by atoms with Gasteiger partial charge in [0.15, 0.2) is 0 Å². The van der Waals surface area contributed by atoms with Crippen molar-refractivity contribution in [3.05, 3.63) is 42.0 Å². The fourth-order valence-corrected chi connectivity index (χ4v) is 5.56. The summed E-state index contributed by atoms with van der Waals surface area (Å²) in [6.07, 6.45) is 19.0. The molecule has 6 heteroatoms. The number of hydrogen-bond donors (Lipinski definition) is 0. The molecule has 184 valence electrons. The SMILES string of the molecule is Cc1ccc(S(=O)(=O)N2C(=O)CCCCCCCC/C=C/CCCCCCCCC2=O)cc1. The second kappa shape index (κ2) is 15.0. The molecular formula is C27H41NO4S. The van der Waals surface area contributed by atoms with E-state index in [9.17, 15) is 18.0 Å². The first-order chi connectivity index (χ1) is 15.9. The lowest BCUT2D eigenvalue weighted by atomic mass is 10.1. The van der Waals surface area contributed by atoms with Crippen LogP contribution in [-0.2, 0) is 19.6 Å². The van der Waals surface area contributed by atoms with Gasteiger partial charge in [-0.3, -0.25) is 9.59 Å². The Morgan fingerprint density at radius 3 is 1.45 bits per heavy atom. The summed E-state index contributed by atoms with van der Waals surface area (Å²) in [6.45, 7) is 1.87. The Kier molecular flexibility index (Phi) is 12.4. The Morgan fingerprint density at radius 1 is 0.606 bits per heavy atom. The molecule has 0 aliphatic carbocycles. The third kappa shape index (κ3) is 9.83. The van der Waals surface area contributed by atoms with Crippen LogP contribution in [-0.4, -0.2) is 24.5 Å². The lowest BCUT2D eigenvalue weighted by molar-refractivity contribution is -0.138. The second-order valence-electron chi connectivity index (χ2n) is 9.16. The number of aryl methyl sites for hydroxylation is 1. The van der Waals surface area contributed by atoms with Gasteiger partial charge in [0.25, 0.3) is 10.0 Å². The highest BCUT2D eigenvalue weighted by molar-refractivity contribution is 7.90. The minimum Gasteiger partial charge on any atom is -0.273 e. The third-order valence-corrected chi connectivity index (χ3v) is 7.96. The van der Waals surface area contributed by atoms with Crippen molar-refractivity contribution in [1.29, 1.82) is 0 Å². The van der Waals surface area contributed by atoms with Crippen LogP contribution in [0.1, 0.15) is 108 Å². The van der Waals surface area contributed by atoms with Gasteiger partial charge in [0, 0.05) is 12.8 Å². The van der Waals surface area contributed by atoms with Crippen LogP contribution < -0.4 is 0 Å². The maximum Gasteiger partial charge on any atom is 0.273 e. The van der Waals surface area contributed by atoms with E-state index in [1.807, 2.05) is 6.92 Å². The van der Waals surface area contributed by atoms with E-state index in [-0.39, 0.29) is 17.7 Å². The molecular weight excluding hydrogens is 434 g/mol. The molecule has 0 saturated carbocycles. The molecule has 2 rings (SSSR count). The minimum atomic E-state index is -4.19. The zero-order valence-electron chi connectivity index (χ0n) is 20.3. The first-order valence-electron chi connectivity index (χ1n) is 12.8. The standard InChI is InChI=1S/C27H41NO4S/c1-24-20-22-25(23-21-24)33(31,32)28-26(29)18-16-14-12-10-8-6-4-2-3-5-7-9-11-13-15-17-19-27(28)30/h2-3,20-23H,4-19H2,1H3/b3-2+. The summed E-state index contributed by atoms with van der Waals surface area (Å²) in [5.74, 6) is -1.20. The molecule has 1 aliphatic rings. The molecule has 0 radical (unpaired) electrons. The van der Waals surface area contributed by atoms with E-state index < -0.39 is 21.8 Å². The number of allylic oxidation sites excluding steroid dienone is 2. The second-order valence-corrected chi connectivity index (χ2v) is 10.9. The van der Waals surface area contributed by atoms with Crippen LogP contribution >= 0.6 is 0 Å². The molecule has 5 nitrogen and oxygen atoms in total. The van der Waals surface area contributed by atoms with Gasteiger partial charge in [-0.1, -0.05) is 81.2 Å². The number of imide groups is 1. The Morgan fingerprint density at radius 2 is 1.00 bits per heavy atom. The first kappa shape index (κ1) is 27.3. The van der Waals surface area contributed by atoms with Gasteiger partial charge in [-0.15, -0.1) is 0 Å². The molecule has 0 saturated heterocycles. The zero-order chi connectivity index (χ0) is 23.9. The highest BCUT2D eigenvalue weighted by atomic mass is 32.2. The highest BCUT2D eigenvalue weighted by Gasteiger charge is 2.34. The van der Waals surface area contributed by atoms with Gasteiger partial charge in [-0.25, -0.2) is 8.42 Å². The molecule has 0 spiro atoms. The van der Waals surface area contributed by atoms with Crippen LogP contribution in [0, 0.1) is 6.92 Å². The molecule has 1 aliphatic heterocycles. The molecule has 0 atom stereocenters. The van der Waals surface area contributed by atoms with Gasteiger partial charge in [-0.2, -0.15) is 4.31 Å². The third-order valence-electron chi connectivity index (χ3n) is 6.20. The van der Waals surface area contributed by atoms with E-state index in [1.165, 1.54) is 37.8 Å². The fourth-order valence-electron chi connectivity index (χ4n) is 4.15. The van der Waals surface area contributed by atoms with Crippen LogP contribution in [0.5, 0.6) is 0 Å². The number of hydrogen-bond acceptors (Lipinski definition) is 4. The molecule has 0 unspecified atom stereocenters. The van der Waals surface area contributed by atoms with Gasteiger partial charge < -0.3 is 0 Å². The van der Waals surface area contributed by atoms with Gasteiger partial charge in [-0.05, 0) is 57.6 Å². The topological polar surface area (TPSA) is 71.5 Å². The molecule has 1 aromatic rings. The fraction of sp³-hybridized carbons (Fsp3) is 0.630. The monoisotopic (exact) mass is 475 g/mol. The van der Waals surface area contributed by atoms with Crippen molar-refractivity contribution in [2.75, 3.05) is 0 Å². The molecule has 0 aromatic heterocycles. The molecule has 1 aromatic carbocycles.